The first kappa shape index (κ1) is 50.8. The highest BCUT2D eigenvalue weighted by Crippen LogP contribution is 2.10. The average Bonchev–Trinajstić information content (AvgIpc) is 3.15. The van der Waals surface area contributed by atoms with Gasteiger partial charge in [0, 0.05) is 12.8 Å². The van der Waals surface area contributed by atoms with E-state index in [-0.39, 0.29) is 38.1 Å². The number of amides is 6. The van der Waals surface area contributed by atoms with E-state index in [4.69, 9.17) is 16.6 Å². The fourth-order valence-corrected chi connectivity index (χ4v) is 5.51. The van der Waals surface area contributed by atoms with Crippen LogP contribution in [0.15, 0.2) is 30.3 Å². The van der Waals surface area contributed by atoms with Crippen LogP contribution in [0.2, 0.25) is 0 Å². The fourth-order valence-electron chi connectivity index (χ4n) is 5.51. The molecule has 15 N–H and O–H groups in total. The van der Waals surface area contributed by atoms with E-state index in [9.17, 15) is 58.8 Å². The molecule has 21 heteroatoms. The normalized spacial score (nSPS) is 15.8. The van der Waals surface area contributed by atoms with Crippen LogP contribution in [-0.2, 0) is 44.8 Å². The monoisotopic (exact) mass is 824 g/mol. The smallest absolute Gasteiger partial charge is 0.326 e. The molecular weight excluding hydrogens is 764 g/mol. The molecule has 6 amide bonds. The van der Waals surface area contributed by atoms with Gasteiger partial charge in [0.2, 0.25) is 35.4 Å². The highest BCUT2D eigenvalue weighted by atomic mass is 16.4. The summed E-state index contributed by atoms with van der Waals surface area (Å²) in [6.07, 6.45) is -3.17. The number of benzene rings is 1. The van der Waals surface area contributed by atoms with Crippen molar-refractivity contribution in [3.63, 3.8) is 0 Å². The lowest BCUT2D eigenvalue weighted by molar-refractivity contribution is -0.142. The molecule has 1 aromatic rings. The SMILES string of the molecule is CC(C)C[C@H](NC(=O)[C@@H](NC(=O)[C@@H](NC(=O)[C@@H](N)CCC(=O)O)[C@@H](C)O)[C@@H](C)O)C(=O)N[C@@H](CCCCN)C(=O)N[C@@H](CO)C(=O)N[C@@H](Cc1ccccc1)C(=O)O. The predicted molar refractivity (Wildman–Crippen MR) is 207 cm³/mol. The molecule has 0 heterocycles. The number of aliphatic hydroxyl groups is 3. The summed E-state index contributed by atoms with van der Waals surface area (Å²) in [6.45, 7) is 5.10. The molecule has 1 aromatic carbocycles. The molecular formula is C37H60N8O13. The summed E-state index contributed by atoms with van der Waals surface area (Å²) in [5.74, 6) is -8.71. The fraction of sp³-hybridized carbons (Fsp3) is 0.622. The van der Waals surface area contributed by atoms with Gasteiger partial charge in [-0.1, -0.05) is 44.2 Å². The molecule has 9 atom stereocenters. The Morgan fingerprint density at radius 3 is 1.60 bits per heavy atom. The number of nitrogens with two attached hydrogens (primary N) is 2. The molecule has 0 saturated carbocycles. The minimum absolute atomic E-state index is 0.00141. The van der Waals surface area contributed by atoms with Crippen LogP contribution in [0.1, 0.15) is 71.8 Å². The van der Waals surface area contributed by atoms with E-state index in [1.165, 1.54) is 0 Å². The van der Waals surface area contributed by atoms with Crippen LogP contribution >= 0.6 is 0 Å². The average molecular weight is 825 g/mol. The molecule has 0 aromatic heterocycles. The molecule has 58 heavy (non-hydrogen) atoms. The van der Waals surface area contributed by atoms with E-state index in [0.717, 1.165) is 13.8 Å². The molecule has 0 aliphatic carbocycles. The van der Waals surface area contributed by atoms with E-state index in [1.807, 2.05) is 0 Å². The lowest BCUT2D eigenvalue weighted by Crippen LogP contribution is -2.63. The first-order chi connectivity index (χ1) is 27.2. The summed E-state index contributed by atoms with van der Waals surface area (Å²) in [4.78, 5) is 102. The van der Waals surface area contributed by atoms with E-state index < -0.39 is 115 Å². The van der Waals surface area contributed by atoms with Crippen LogP contribution in [0.25, 0.3) is 0 Å². The summed E-state index contributed by atoms with van der Waals surface area (Å²) in [6, 6.07) is -2.04. The largest absolute Gasteiger partial charge is 0.481 e. The van der Waals surface area contributed by atoms with Crippen molar-refractivity contribution in [1.29, 1.82) is 0 Å². The molecule has 0 saturated heterocycles. The Kier molecular flexibility index (Phi) is 22.7. The quantitative estimate of drug-likeness (QED) is 0.0381. The van der Waals surface area contributed by atoms with Crippen molar-refractivity contribution in [2.24, 2.45) is 17.4 Å². The first-order valence-corrected chi connectivity index (χ1v) is 19.0. The molecule has 0 bridgehead atoms. The van der Waals surface area contributed by atoms with Crippen LogP contribution in [0.4, 0.5) is 0 Å². The topological polar surface area (TPSA) is 362 Å². The third-order valence-electron chi connectivity index (χ3n) is 8.76. The summed E-state index contributed by atoms with van der Waals surface area (Å²) in [5, 5.41) is 63.4. The van der Waals surface area contributed by atoms with Crippen molar-refractivity contribution < 1.29 is 63.9 Å². The zero-order chi connectivity index (χ0) is 44.1. The number of nitrogens with one attached hydrogen (secondary N) is 6. The summed E-state index contributed by atoms with van der Waals surface area (Å²) >= 11 is 0. The molecule has 0 radical (unpaired) electrons. The van der Waals surface area contributed by atoms with Gasteiger partial charge in [-0.3, -0.25) is 33.6 Å². The van der Waals surface area contributed by atoms with Gasteiger partial charge in [-0.2, -0.15) is 0 Å². The number of aliphatic hydroxyl groups excluding tert-OH is 3. The highest BCUT2D eigenvalue weighted by Gasteiger charge is 2.36. The number of carboxylic acids is 2. The Balaban J connectivity index is 3.20. The lowest BCUT2D eigenvalue weighted by atomic mass is 10.0. The second-order valence-corrected chi connectivity index (χ2v) is 14.4. The molecule has 0 unspecified atom stereocenters. The van der Waals surface area contributed by atoms with Gasteiger partial charge in [-0.15, -0.1) is 0 Å². The Morgan fingerprint density at radius 2 is 1.10 bits per heavy atom. The van der Waals surface area contributed by atoms with Crippen LogP contribution in [0.3, 0.4) is 0 Å². The molecule has 326 valence electrons. The van der Waals surface area contributed by atoms with Gasteiger partial charge >= 0.3 is 11.9 Å². The standard InChI is InChI=1S/C37H60N8O13/c1-19(2)16-25(41-35(55)29(20(3)47)45-36(56)30(21(4)48)44-31(51)23(39)13-14-28(49)50)33(53)40-24(12-8-9-15-38)32(52)43-27(18-46)34(54)42-26(37(57)58)17-22-10-6-5-7-11-22/h5-7,10-11,19-21,23-27,29-30,46-48H,8-9,12-18,38-39H2,1-4H3,(H,40,53)(H,41,55)(H,42,54)(H,43,52)(H,44,51)(H,45,56)(H,49,50)(H,57,58)/t20-,21-,23+,24+,25+,26+,27+,29+,30+/m1/s1. The van der Waals surface area contributed by atoms with Crippen molar-refractivity contribution >= 4 is 47.4 Å². The molecule has 0 aliphatic heterocycles. The van der Waals surface area contributed by atoms with Crippen LogP contribution in [0, 0.1) is 5.92 Å². The third-order valence-corrected chi connectivity index (χ3v) is 8.76. The summed E-state index contributed by atoms with van der Waals surface area (Å²) in [5.41, 5.74) is 11.9. The van der Waals surface area contributed by atoms with Crippen LogP contribution in [-0.4, -0.2) is 141 Å². The van der Waals surface area contributed by atoms with Gasteiger partial charge in [0.05, 0.1) is 24.9 Å². The number of aliphatic carboxylic acids is 2. The van der Waals surface area contributed by atoms with Crippen molar-refractivity contribution in [2.75, 3.05) is 13.2 Å². The van der Waals surface area contributed by atoms with E-state index in [2.05, 4.69) is 31.9 Å². The second-order valence-electron chi connectivity index (χ2n) is 14.4. The zero-order valence-electron chi connectivity index (χ0n) is 33.2. The maximum atomic E-state index is 13.7. The maximum absolute atomic E-state index is 13.7. The van der Waals surface area contributed by atoms with Crippen molar-refractivity contribution in [1.82, 2.24) is 31.9 Å². The number of rotatable bonds is 27. The van der Waals surface area contributed by atoms with Crippen LogP contribution in [0.5, 0.6) is 0 Å². The Labute approximate surface area is 336 Å². The van der Waals surface area contributed by atoms with Gasteiger partial charge < -0.3 is 68.9 Å². The van der Waals surface area contributed by atoms with Gasteiger partial charge in [-0.05, 0) is 64.0 Å². The number of carbonyl (C=O) groups is 8. The van der Waals surface area contributed by atoms with E-state index >= 15 is 0 Å². The number of carboxylic acid groups (broad SMARTS) is 2. The summed E-state index contributed by atoms with van der Waals surface area (Å²) in [7, 11) is 0. The molecule has 0 spiro atoms. The molecule has 21 nitrogen and oxygen atoms in total. The van der Waals surface area contributed by atoms with E-state index in [0.29, 0.717) is 18.4 Å². The Bertz CT molecular complexity index is 1530. The number of hydrogen-bond acceptors (Lipinski definition) is 13. The van der Waals surface area contributed by atoms with Crippen molar-refractivity contribution in [3.8, 4) is 0 Å². The van der Waals surface area contributed by atoms with Gasteiger partial charge in [0.1, 0.15) is 36.3 Å². The minimum atomic E-state index is -1.74. The number of hydrogen-bond donors (Lipinski definition) is 13. The molecule has 0 fully saturated rings. The zero-order valence-corrected chi connectivity index (χ0v) is 33.2. The summed E-state index contributed by atoms with van der Waals surface area (Å²) < 4.78 is 0. The third kappa shape index (κ3) is 18.4. The van der Waals surface area contributed by atoms with E-state index in [1.54, 1.807) is 44.2 Å². The second kappa shape index (κ2) is 25.9. The van der Waals surface area contributed by atoms with Gasteiger partial charge in [0.15, 0.2) is 0 Å². The number of carbonyl (C=O) groups excluding carboxylic acids is 6. The predicted octanol–water partition coefficient (Wildman–Crippen LogP) is -3.66. The Hall–Kier alpha value is -5.22. The van der Waals surface area contributed by atoms with Crippen LogP contribution < -0.4 is 43.4 Å². The minimum Gasteiger partial charge on any atom is -0.481 e. The molecule has 1 rings (SSSR count). The van der Waals surface area contributed by atoms with Crippen molar-refractivity contribution in [2.45, 2.75) is 127 Å². The van der Waals surface area contributed by atoms with Crippen molar-refractivity contribution in [3.05, 3.63) is 35.9 Å². The van der Waals surface area contributed by atoms with Gasteiger partial charge in [0.25, 0.3) is 0 Å². The lowest BCUT2D eigenvalue weighted by Gasteiger charge is -2.29. The first-order valence-electron chi connectivity index (χ1n) is 19.0. The maximum Gasteiger partial charge on any atom is 0.326 e. The highest BCUT2D eigenvalue weighted by molar-refractivity contribution is 5.97. The number of unbranched alkanes of at least 4 members (excludes halogenated alkanes) is 1. The molecule has 0 aliphatic rings. The Morgan fingerprint density at radius 1 is 0.621 bits per heavy atom. The van der Waals surface area contributed by atoms with Gasteiger partial charge in [-0.25, -0.2) is 4.79 Å².